The van der Waals surface area contributed by atoms with E-state index in [9.17, 15) is 13.6 Å². The average Bonchev–Trinajstić information content (AvgIpc) is 2.94. The van der Waals surface area contributed by atoms with Gasteiger partial charge in [-0.1, -0.05) is 30.3 Å². The number of amides is 1. The van der Waals surface area contributed by atoms with E-state index in [1.54, 1.807) is 13.8 Å². The van der Waals surface area contributed by atoms with Crippen molar-refractivity contribution in [2.75, 3.05) is 5.32 Å². The van der Waals surface area contributed by atoms with Crippen molar-refractivity contribution in [2.24, 2.45) is 0 Å². The van der Waals surface area contributed by atoms with Gasteiger partial charge in [0.1, 0.15) is 5.82 Å². The molecule has 1 amide bonds. The maximum atomic E-state index is 13.7. The Morgan fingerprint density at radius 1 is 1.14 bits per heavy atom. The fourth-order valence-corrected chi connectivity index (χ4v) is 2.83. The number of carbonyl (C=O) groups is 1. The number of hydrogen-bond donors (Lipinski definition) is 1. The Hall–Kier alpha value is -3.22. The lowest BCUT2D eigenvalue weighted by molar-refractivity contribution is -0.116. The van der Waals surface area contributed by atoms with E-state index in [1.165, 1.54) is 10.7 Å². The number of nitrogens with zero attached hydrogens (tertiary/aromatic N) is 2. The third-order valence-electron chi connectivity index (χ3n) is 4.37. The summed E-state index contributed by atoms with van der Waals surface area (Å²) < 4.78 is 33.6. The lowest BCUT2D eigenvalue weighted by Gasteiger charge is -2.09. The molecule has 0 aliphatic rings. The molecule has 0 fully saturated rings. The predicted molar refractivity (Wildman–Crippen MR) is 102 cm³/mol. The molecule has 0 saturated heterocycles. The lowest BCUT2D eigenvalue weighted by atomic mass is 10.1. The van der Waals surface area contributed by atoms with Gasteiger partial charge >= 0.3 is 0 Å². The average molecular weight is 385 g/mol. The largest absolute Gasteiger partial charge is 0.468 e. The van der Waals surface area contributed by atoms with Crippen LogP contribution in [0.5, 0.6) is 5.75 Å². The molecule has 0 spiro atoms. The molecule has 0 aliphatic carbocycles. The van der Waals surface area contributed by atoms with Crippen LogP contribution in [0, 0.1) is 25.5 Å². The zero-order valence-electron chi connectivity index (χ0n) is 15.7. The van der Waals surface area contributed by atoms with E-state index in [4.69, 9.17) is 4.74 Å². The molecule has 1 aromatic heterocycles. The smallest absolute Gasteiger partial charge is 0.224 e. The molecular formula is C21H21F2N3O2. The Morgan fingerprint density at radius 2 is 1.89 bits per heavy atom. The maximum absolute atomic E-state index is 13.7. The SMILES string of the molecule is Cc1nn(COc2ccc(F)cc2F)c(C)c1NC(=O)CCc1ccccc1. The normalized spacial score (nSPS) is 10.7. The van der Waals surface area contributed by atoms with E-state index in [-0.39, 0.29) is 18.4 Å². The van der Waals surface area contributed by atoms with Gasteiger partial charge in [0.25, 0.3) is 0 Å². The van der Waals surface area contributed by atoms with Crippen LogP contribution in [0.15, 0.2) is 48.5 Å². The van der Waals surface area contributed by atoms with Crippen LogP contribution in [-0.4, -0.2) is 15.7 Å². The fourth-order valence-electron chi connectivity index (χ4n) is 2.83. The van der Waals surface area contributed by atoms with E-state index in [0.717, 1.165) is 17.7 Å². The summed E-state index contributed by atoms with van der Waals surface area (Å²) in [6.07, 6.45) is 0.997. The molecule has 0 unspecified atom stereocenters. The lowest BCUT2D eigenvalue weighted by Crippen LogP contribution is -2.14. The molecule has 1 N–H and O–H groups in total. The minimum Gasteiger partial charge on any atom is -0.468 e. The topological polar surface area (TPSA) is 56.1 Å². The van der Waals surface area contributed by atoms with Crippen molar-refractivity contribution < 1.29 is 18.3 Å². The summed E-state index contributed by atoms with van der Waals surface area (Å²) in [5, 5.41) is 7.21. The first-order chi connectivity index (χ1) is 13.4. The molecule has 0 saturated carbocycles. The molecule has 0 radical (unpaired) electrons. The Kier molecular flexibility index (Phi) is 6.03. The summed E-state index contributed by atoms with van der Waals surface area (Å²) in [4.78, 5) is 12.3. The van der Waals surface area contributed by atoms with E-state index >= 15 is 0 Å². The van der Waals surface area contributed by atoms with Crippen LogP contribution in [0.3, 0.4) is 0 Å². The van der Waals surface area contributed by atoms with Crippen LogP contribution < -0.4 is 10.1 Å². The molecule has 28 heavy (non-hydrogen) atoms. The van der Waals surface area contributed by atoms with Crippen LogP contribution >= 0.6 is 0 Å². The fraction of sp³-hybridized carbons (Fsp3) is 0.238. The number of aromatic nitrogens is 2. The van der Waals surface area contributed by atoms with Crippen LogP contribution in [0.2, 0.25) is 0 Å². The number of halogens is 2. The highest BCUT2D eigenvalue weighted by Gasteiger charge is 2.15. The van der Waals surface area contributed by atoms with Crippen LogP contribution in [0.1, 0.15) is 23.4 Å². The summed E-state index contributed by atoms with van der Waals surface area (Å²) >= 11 is 0. The highest BCUT2D eigenvalue weighted by molar-refractivity contribution is 5.92. The molecule has 3 rings (SSSR count). The van der Waals surface area contributed by atoms with E-state index in [2.05, 4.69) is 10.4 Å². The first-order valence-corrected chi connectivity index (χ1v) is 8.89. The summed E-state index contributed by atoms with van der Waals surface area (Å²) in [6.45, 7) is 3.50. The Bertz CT molecular complexity index is 971. The van der Waals surface area contributed by atoms with Gasteiger partial charge in [0, 0.05) is 12.5 Å². The van der Waals surface area contributed by atoms with Gasteiger partial charge in [-0.15, -0.1) is 0 Å². The molecule has 146 valence electrons. The Morgan fingerprint density at radius 3 is 2.61 bits per heavy atom. The zero-order chi connectivity index (χ0) is 20.1. The van der Waals surface area contributed by atoms with E-state index in [0.29, 0.717) is 29.9 Å². The standard InChI is InChI=1S/C21H21F2N3O2/c1-14-21(24-20(27)11-8-16-6-4-3-5-7-16)15(2)26(25-14)13-28-19-10-9-17(22)12-18(19)23/h3-7,9-10,12H,8,11,13H2,1-2H3,(H,24,27). The maximum Gasteiger partial charge on any atom is 0.224 e. The molecule has 0 aliphatic heterocycles. The van der Waals surface area contributed by atoms with Crippen molar-refractivity contribution in [1.29, 1.82) is 0 Å². The number of benzene rings is 2. The number of anilines is 1. The zero-order valence-corrected chi connectivity index (χ0v) is 15.7. The monoisotopic (exact) mass is 385 g/mol. The van der Waals surface area contributed by atoms with Gasteiger partial charge in [-0.2, -0.15) is 5.10 Å². The predicted octanol–water partition coefficient (Wildman–Crippen LogP) is 4.39. The molecule has 5 nitrogen and oxygen atoms in total. The van der Waals surface area contributed by atoms with Gasteiger partial charge in [0.05, 0.1) is 17.1 Å². The number of nitrogens with one attached hydrogen (secondary N) is 1. The van der Waals surface area contributed by atoms with Gasteiger partial charge in [-0.05, 0) is 38.0 Å². The number of hydrogen-bond acceptors (Lipinski definition) is 3. The molecular weight excluding hydrogens is 364 g/mol. The summed E-state index contributed by atoms with van der Waals surface area (Å²) in [6, 6.07) is 12.9. The molecule has 0 atom stereocenters. The van der Waals surface area contributed by atoms with Gasteiger partial charge in [0.2, 0.25) is 5.91 Å². The van der Waals surface area contributed by atoms with Crippen molar-refractivity contribution in [3.8, 4) is 5.75 Å². The van der Waals surface area contributed by atoms with Crippen LogP contribution in [0.25, 0.3) is 0 Å². The van der Waals surface area contributed by atoms with E-state index in [1.807, 2.05) is 30.3 Å². The number of aryl methyl sites for hydroxylation is 2. The van der Waals surface area contributed by atoms with Crippen LogP contribution in [0.4, 0.5) is 14.5 Å². The first-order valence-electron chi connectivity index (χ1n) is 8.89. The molecule has 3 aromatic rings. The quantitative estimate of drug-likeness (QED) is 0.656. The second-order valence-electron chi connectivity index (χ2n) is 6.43. The van der Waals surface area contributed by atoms with E-state index < -0.39 is 11.6 Å². The van der Waals surface area contributed by atoms with Crippen LogP contribution in [-0.2, 0) is 17.9 Å². The summed E-state index contributed by atoms with van der Waals surface area (Å²) in [5.41, 5.74) is 3.03. The Labute approximate surface area is 161 Å². The molecule has 1 heterocycles. The number of carbonyl (C=O) groups excluding carboxylic acids is 1. The molecule has 7 heteroatoms. The first kappa shape index (κ1) is 19.5. The molecule has 2 aromatic carbocycles. The third-order valence-corrected chi connectivity index (χ3v) is 4.37. The van der Waals surface area contributed by atoms with Gasteiger partial charge in [-0.25, -0.2) is 13.5 Å². The van der Waals surface area contributed by atoms with Crippen molar-refractivity contribution in [3.05, 3.63) is 77.1 Å². The van der Waals surface area contributed by atoms with Crippen molar-refractivity contribution in [2.45, 2.75) is 33.4 Å². The summed E-state index contributed by atoms with van der Waals surface area (Å²) in [7, 11) is 0. The summed E-state index contributed by atoms with van der Waals surface area (Å²) in [5.74, 6) is -1.63. The van der Waals surface area contributed by atoms with Gasteiger partial charge in [0.15, 0.2) is 18.3 Å². The highest BCUT2D eigenvalue weighted by Crippen LogP contribution is 2.22. The second kappa shape index (κ2) is 8.65. The van der Waals surface area contributed by atoms with Crippen molar-refractivity contribution in [3.63, 3.8) is 0 Å². The number of rotatable bonds is 7. The molecule has 0 bridgehead atoms. The minimum atomic E-state index is -0.782. The van der Waals surface area contributed by atoms with Gasteiger partial charge in [-0.3, -0.25) is 4.79 Å². The Balaban J connectivity index is 1.62. The number of ether oxygens (including phenoxy) is 1. The van der Waals surface area contributed by atoms with Crippen molar-refractivity contribution >= 4 is 11.6 Å². The minimum absolute atomic E-state index is 0.0604. The third kappa shape index (κ3) is 4.73. The second-order valence-corrected chi connectivity index (χ2v) is 6.43. The van der Waals surface area contributed by atoms with Crippen molar-refractivity contribution in [1.82, 2.24) is 9.78 Å². The van der Waals surface area contributed by atoms with Gasteiger partial charge < -0.3 is 10.1 Å². The highest BCUT2D eigenvalue weighted by atomic mass is 19.1.